The van der Waals surface area contributed by atoms with Gasteiger partial charge in [0, 0.05) is 18.3 Å². The minimum absolute atomic E-state index is 0.116. The molecule has 0 bridgehead atoms. The van der Waals surface area contributed by atoms with Gasteiger partial charge in [-0.1, -0.05) is 23.7 Å². The lowest BCUT2D eigenvalue weighted by Gasteiger charge is -2.25. The third-order valence-electron chi connectivity index (χ3n) is 4.75. The van der Waals surface area contributed by atoms with Crippen molar-refractivity contribution >= 4 is 40.9 Å². The Labute approximate surface area is 172 Å². The first-order valence-corrected chi connectivity index (χ1v) is 9.47. The van der Waals surface area contributed by atoms with Crippen molar-refractivity contribution in [3.05, 3.63) is 41.7 Å². The number of carbonyl (C=O) groups excluding carboxylic acids is 1. The van der Waals surface area contributed by atoms with Crippen molar-refractivity contribution in [3.63, 3.8) is 0 Å². The molecule has 0 unspecified atom stereocenters. The van der Waals surface area contributed by atoms with Gasteiger partial charge < -0.3 is 20.1 Å². The lowest BCUT2D eigenvalue weighted by molar-refractivity contribution is -0.113. The maximum atomic E-state index is 11.4. The maximum absolute atomic E-state index is 11.4. The van der Waals surface area contributed by atoms with E-state index in [1.807, 2.05) is 0 Å². The number of hydrogen-bond acceptors (Lipinski definition) is 4. The number of hydrogen-bond donors (Lipinski definition) is 2. The van der Waals surface area contributed by atoms with Crippen LogP contribution < -0.4 is 10.1 Å². The molecule has 1 aliphatic rings. The molecule has 2 N–H and O–H groups in total. The fraction of sp³-hybridized carbons (Fsp3) is 0.316. The summed E-state index contributed by atoms with van der Waals surface area (Å²) in [5.41, 5.74) is 1.62. The van der Waals surface area contributed by atoms with Gasteiger partial charge in [0.1, 0.15) is 23.4 Å². The summed E-state index contributed by atoms with van der Waals surface area (Å²) in [5, 5.41) is 12.2. The van der Waals surface area contributed by atoms with Crippen molar-refractivity contribution in [2.45, 2.75) is 18.4 Å². The number of halogens is 2. The number of nitrogens with one attached hydrogen (secondary N) is 1. The minimum atomic E-state index is -0.975. The average molecular weight is 424 g/mol. The van der Waals surface area contributed by atoms with Crippen LogP contribution in [0.1, 0.15) is 12.8 Å². The van der Waals surface area contributed by atoms with Crippen molar-refractivity contribution in [3.8, 4) is 16.9 Å². The van der Waals surface area contributed by atoms with Crippen LogP contribution >= 0.6 is 23.2 Å². The number of carbonyl (C=O) groups is 2. The van der Waals surface area contributed by atoms with Gasteiger partial charge in [-0.15, -0.1) is 11.6 Å². The van der Waals surface area contributed by atoms with Crippen molar-refractivity contribution in [2.24, 2.45) is 0 Å². The quantitative estimate of drug-likeness (QED) is 0.516. The van der Waals surface area contributed by atoms with E-state index in [-0.39, 0.29) is 18.4 Å². The molecule has 7 nitrogen and oxygen atoms in total. The van der Waals surface area contributed by atoms with Gasteiger partial charge >= 0.3 is 6.09 Å². The van der Waals surface area contributed by atoms with Crippen molar-refractivity contribution in [2.75, 3.05) is 24.9 Å². The Kier molecular flexibility index (Phi) is 5.96. The molecule has 1 heterocycles. The summed E-state index contributed by atoms with van der Waals surface area (Å²) in [6, 6.07) is 8.85. The van der Waals surface area contributed by atoms with Gasteiger partial charge in [-0.25, -0.2) is 9.78 Å². The number of amides is 2. The van der Waals surface area contributed by atoms with E-state index in [9.17, 15) is 14.7 Å². The fourth-order valence-corrected chi connectivity index (χ4v) is 3.06. The highest BCUT2D eigenvalue weighted by Gasteiger charge is 2.49. The summed E-state index contributed by atoms with van der Waals surface area (Å²) >= 11 is 11.7. The molecule has 0 radical (unpaired) electrons. The first kappa shape index (κ1) is 20.2. The zero-order chi connectivity index (χ0) is 20.3. The van der Waals surface area contributed by atoms with Crippen LogP contribution in [0.25, 0.3) is 11.1 Å². The lowest BCUT2D eigenvalue weighted by Crippen LogP contribution is -2.42. The second-order valence-corrected chi connectivity index (χ2v) is 7.25. The molecule has 0 atom stereocenters. The van der Waals surface area contributed by atoms with Gasteiger partial charge in [0.05, 0.1) is 11.7 Å². The summed E-state index contributed by atoms with van der Waals surface area (Å²) in [4.78, 5) is 28.0. The van der Waals surface area contributed by atoms with Crippen molar-refractivity contribution in [1.82, 2.24) is 9.88 Å². The van der Waals surface area contributed by atoms with E-state index < -0.39 is 11.6 Å². The first-order chi connectivity index (χ1) is 13.3. The standard InChI is InChI=1S/C19H19Cl2N3O4/c1-24(18(26)27)19(6-7-19)11-28-14-8-15(17(21)22-10-14)12-2-4-13(5-3-12)23-16(25)9-20/h2-5,8,10H,6-7,9,11H2,1H3,(H,23,25)(H,26,27). The van der Waals surface area contributed by atoms with Crippen LogP contribution in [-0.2, 0) is 4.79 Å². The van der Waals surface area contributed by atoms with Crippen LogP contribution in [0.15, 0.2) is 36.5 Å². The molecular weight excluding hydrogens is 405 g/mol. The Morgan fingerprint density at radius 3 is 2.57 bits per heavy atom. The van der Waals surface area contributed by atoms with E-state index in [4.69, 9.17) is 27.9 Å². The summed E-state index contributed by atoms with van der Waals surface area (Å²) in [5.74, 6) is 0.101. The molecule has 28 heavy (non-hydrogen) atoms. The Hall–Kier alpha value is -2.51. The highest BCUT2D eigenvalue weighted by molar-refractivity contribution is 6.32. The minimum Gasteiger partial charge on any atom is -0.489 e. The second kappa shape index (κ2) is 8.24. The number of rotatable bonds is 7. The number of alkyl halides is 1. The number of ether oxygens (including phenoxy) is 1. The van der Waals surface area contributed by atoms with Gasteiger partial charge in [0.25, 0.3) is 0 Å². The van der Waals surface area contributed by atoms with Crippen LogP contribution in [0.3, 0.4) is 0 Å². The molecule has 3 rings (SSSR count). The lowest BCUT2D eigenvalue weighted by atomic mass is 10.1. The summed E-state index contributed by atoms with van der Waals surface area (Å²) in [6.07, 6.45) is 2.06. The summed E-state index contributed by atoms with van der Waals surface area (Å²) in [7, 11) is 1.55. The van der Waals surface area contributed by atoms with E-state index in [0.717, 1.165) is 18.4 Å². The van der Waals surface area contributed by atoms with Crippen molar-refractivity contribution in [1.29, 1.82) is 0 Å². The van der Waals surface area contributed by atoms with Gasteiger partial charge in [0.2, 0.25) is 5.91 Å². The Balaban J connectivity index is 1.73. The SMILES string of the molecule is CN(C(=O)O)C1(COc2cnc(Cl)c(-c3ccc(NC(=O)CCl)cc3)c2)CC1. The molecule has 0 spiro atoms. The number of nitrogens with zero attached hydrogens (tertiary/aromatic N) is 2. The Morgan fingerprint density at radius 1 is 1.32 bits per heavy atom. The second-order valence-electron chi connectivity index (χ2n) is 6.62. The maximum Gasteiger partial charge on any atom is 0.407 e. The summed E-state index contributed by atoms with van der Waals surface area (Å²) in [6.45, 7) is 0.252. The third kappa shape index (κ3) is 4.48. The zero-order valence-electron chi connectivity index (χ0n) is 15.1. The van der Waals surface area contributed by atoms with Crippen LogP contribution in [0.5, 0.6) is 5.75 Å². The molecule has 1 fully saturated rings. The molecule has 0 saturated heterocycles. The smallest absolute Gasteiger partial charge is 0.407 e. The molecule has 1 aromatic carbocycles. The highest BCUT2D eigenvalue weighted by Crippen LogP contribution is 2.41. The number of likely N-dealkylation sites (N-methyl/N-ethyl adjacent to an activating group) is 1. The molecule has 1 aromatic heterocycles. The van der Waals surface area contributed by atoms with Crippen LogP contribution in [-0.4, -0.2) is 52.1 Å². The number of anilines is 1. The predicted octanol–water partition coefficient (Wildman–Crippen LogP) is 4.10. The molecule has 9 heteroatoms. The van der Waals surface area contributed by atoms with E-state index >= 15 is 0 Å². The molecule has 0 aliphatic heterocycles. The summed E-state index contributed by atoms with van der Waals surface area (Å²) < 4.78 is 5.81. The van der Waals surface area contributed by atoms with Crippen LogP contribution in [0.2, 0.25) is 5.15 Å². The van der Waals surface area contributed by atoms with Crippen LogP contribution in [0.4, 0.5) is 10.5 Å². The number of aromatic nitrogens is 1. The number of benzene rings is 1. The Bertz CT molecular complexity index is 885. The zero-order valence-corrected chi connectivity index (χ0v) is 16.6. The predicted molar refractivity (Wildman–Crippen MR) is 107 cm³/mol. The van der Waals surface area contributed by atoms with E-state index in [0.29, 0.717) is 22.2 Å². The highest BCUT2D eigenvalue weighted by atomic mass is 35.5. The van der Waals surface area contributed by atoms with Crippen LogP contribution in [0, 0.1) is 0 Å². The average Bonchev–Trinajstić information content (AvgIpc) is 3.48. The molecular formula is C19H19Cl2N3O4. The first-order valence-electron chi connectivity index (χ1n) is 8.56. The third-order valence-corrected chi connectivity index (χ3v) is 5.29. The topological polar surface area (TPSA) is 91.8 Å². The van der Waals surface area contributed by atoms with Gasteiger partial charge in [-0.3, -0.25) is 4.79 Å². The Morgan fingerprint density at radius 2 is 2.00 bits per heavy atom. The number of carboxylic acid groups (broad SMARTS) is 1. The van der Waals surface area contributed by atoms with E-state index in [2.05, 4.69) is 10.3 Å². The molecule has 2 amide bonds. The fourth-order valence-electron chi connectivity index (χ4n) is 2.78. The molecule has 148 valence electrons. The monoisotopic (exact) mass is 423 g/mol. The van der Waals surface area contributed by atoms with Crippen molar-refractivity contribution < 1.29 is 19.4 Å². The van der Waals surface area contributed by atoms with Gasteiger partial charge in [0.15, 0.2) is 0 Å². The van der Waals surface area contributed by atoms with Gasteiger partial charge in [-0.2, -0.15) is 0 Å². The van der Waals surface area contributed by atoms with E-state index in [1.54, 1.807) is 37.4 Å². The van der Waals surface area contributed by atoms with E-state index in [1.165, 1.54) is 11.1 Å². The molecule has 1 aliphatic carbocycles. The molecule has 2 aromatic rings. The molecule has 1 saturated carbocycles. The normalized spacial score (nSPS) is 14.2. The number of pyridine rings is 1. The van der Waals surface area contributed by atoms with Gasteiger partial charge in [-0.05, 0) is 36.6 Å². The largest absolute Gasteiger partial charge is 0.489 e.